The molecule has 0 saturated heterocycles. The maximum Gasteiger partial charge on any atom is 0.152 e. The van der Waals surface area contributed by atoms with E-state index < -0.39 is 0 Å². The molecule has 104 valence electrons. The third-order valence-electron chi connectivity index (χ3n) is 3.38. The number of rotatable bonds is 5. The molecule has 0 amide bonds. The Morgan fingerprint density at radius 2 is 2.05 bits per heavy atom. The molecule has 1 atom stereocenters. The number of hydrogen-bond donors (Lipinski definition) is 2. The summed E-state index contributed by atoms with van der Waals surface area (Å²) in [6, 6.07) is 2.31. The summed E-state index contributed by atoms with van der Waals surface area (Å²) in [4.78, 5) is 4.42. The fourth-order valence-corrected chi connectivity index (χ4v) is 2.01. The number of nitrogens with zero attached hydrogens (tertiary/aromatic N) is 3. The van der Waals surface area contributed by atoms with Crippen LogP contribution in [-0.4, -0.2) is 27.2 Å². The van der Waals surface area contributed by atoms with Crippen LogP contribution in [0.5, 0.6) is 0 Å². The first-order valence-corrected chi connectivity index (χ1v) is 6.83. The van der Waals surface area contributed by atoms with Gasteiger partial charge in [-0.15, -0.1) is 0 Å². The van der Waals surface area contributed by atoms with Crippen molar-refractivity contribution in [1.82, 2.24) is 14.6 Å². The second kappa shape index (κ2) is 5.57. The van der Waals surface area contributed by atoms with Crippen LogP contribution in [0.15, 0.2) is 18.5 Å². The van der Waals surface area contributed by atoms with Crippen LogP contribution in [0.25, 0.3) is 5.52 Å². The normalized spacial score (nSPS) is 13.4. The van der Waals surface area contributed by atoms with E-state index >= 15 is 0 Å². The average Bonchev–Trinajstić information content (AvgIpc) is 2.80. The zero-order chi connectivity index (χ0) is 14.0. The van der Waals surface area contributed by atoms with Gasteiger partial charge in [0.2, 0.25) is 0 Å². The predicted octanol–water partition coefficient (Wildman–Crippen LogP) is 2.25. The van der Waals surface area contributed by atoms with Crippen molar-refractivity contribution in [3.8, 4) is 0 Å². The molecular formula is C14H23N5. The smallest absolute Gasteiger partial charge is 0.152 e. The maximum atomic E-state index is 5.81. The van der Waals surface area contributed by atoms with Gasteiger partial charge in [-0.3, -0.25) is 0 Å². The van der Waals surface area contributed by atoms with Crippen molar-refractivity contribution in [2.45, 2.75) is 39.7 Å². The first-order chi connectivity index (χ1) is 9.02. The van der Waals surface area contributed by atoms with Gasteiger partial charge in [0.05, 0.1) is 5.69 Å². The highest BCUT2D eigenvalue weighted by Crippen LogP contribution is 2.21. The molecule has 1 unspecified atom stereocenters. The molecule has 0 fully saturated rings. The van der Waals surface area contributed by atoms with E-state index in [0.29, 0.717) is 18.4 Å². The Morgan fingerprint density at radius 1 is 1.32 bits per heavy atom. The number of fused-ring (bicyclic) bond motifs is 1. The van der Waals surface area contributed by atoms with Crippen molar-refractivity contribution < 1.29 is 0 Å². The van der Waals surface area contributed by atoms with Crippen LogP contribution in [-0.2, 0) is 0 Å². The molecule has 0 bridgehead atoms. The van der Waals surface area contributed by atoms with Gasteiger partial charge in [-0.2, -0.15) is 5.10 Å². The van der Waals surface area contributed by atoms with Gasteiger partial charge in [-0.25, -0.2) is 9.50 Å². The van der Waals surface area contributed by atoms with E-state index in [1.54, 1.807) is 6.20 Å². The molecule has 2 heterocycles. The van der Waals surface area contributed by atoms with E-state index in [0.717, 1.165) is 17.0 Å². The fraction of sp³-hybridized carbons (Fsp3) is 0.571. The fourth-order valence-electron chi connectivity index (χ4n) is 2.01. The van der Waals surface area contributed by atoms with Crippen molar-refractivity contribution in [1.29, 1.82) is 0 Å². The van der Waals surface area contributed by atoms with Crippen molar-refractivity contribution >= 4 is 11.3 Å². The summed E-state index contributed by atoms with van der Waals surface area (Å²) in [6.45, 7) is 9.17. The lowest BCUT2D eigenvalue weighted by Gasteiger charge is -2.21. The summed E-state index contributed by atoms with van der Waals surface area (Å²) >= 11 is 0. The van der Waals surface area contributed by atoms with Crippen molar-refractivity contribution in [2.24, 2.45) is 11.7 Å². The van der Waals surface area contributed by atoms with Crippen LogP contribution >= 0.6 is 0 Å². The van der Waals surface area contributed by atoms with Gasteiger partial charge in [0.15, 0.2) is 5.82 Å². The number of aromatic nitrogens is 3. The third-order valence-corrected chi connectivity index (χ3v) is 3.38. The minimum absolute atomic E-state index is 0.219. The minimum atomic E-state index is 0.219. The molecule has 0 radical (unpaired) electrons. The van der Waals surface area contributed by atoms with Gasteiger partial charge >= 0.3 is 0 Å². The predicted molar refractivity (Wildman–Crippen MR) is 78.4 cm³/mol. The van der Waals surface area contributed by atoms with Gasteiger partial charge in [0.25, 0.3) is 0 Å². The first kappa shape index (κ1) is 13.8. The molecular weight excluding hydrogens is 238 g/mol. The van der Waals surface area contributed by atoms with Crippen LogP contribution in [0.3, 0.4) is 0 Å². The summed E-state index contributed by atoms with van der Waals surface area (Å²) in [5.41, 5.74) is 7.89. The van der Waals surface area contributed by atoms with Crippen LogP contribution in [0, 0.1) is 5.92 Å². The summed E-state index contributed by atoms with van der Waals surface area (Å²) in [5, 5.41) is 7.98. The zero-order valence-corrected chi connectivity index (χ0v) is 12.1. The second-order valence-corrected chi connectivity index (χ2v) is 5.56. The van der Waals surface area contributed by atoms with Crippen LogP contribution in [0.4, 0.5) is 5.82 Å². The lowest BCUT2D eigenvalue weighted by Crippen LogP contribution is -2.34. The standard InChI is InChI=1S/C14H23N5/c1-9(2)11-7-13-14(16-5-6-19(13)18-11)17-12(8-15)10(3)4/h5-7,9-10,12H,8,15H2,1-4H3,(H,16,17). The number of anilines is 1. The Labute approximate surface area is 114 Å². The Hall–Kier alpha value is -1.62. The molecule has 0 aliphatic rings. The van der Waals surface area contributed by atoms with E-state index in [-0.39, 0.29) is 6.04 Å². The van der Waals surface area contributed by atoms with Crippen molar-refractivity contribution in [3.05, 3.63) is 24.2 Å². The highest BCUT2D eigenvalue weighted by molar-refractivity contribution is 5.68. The first-order valence-electron chi connectivity index (χ1n) is 6.83. The van der Waals surface area contributed by atoms with E-state index in [1.807, 2.05) is 10.7 Å². The van der Waals surface area contributed by atoms with E-state index in [2.05, 4.69) is 49.2 Å². The van der Waals surface area contributed by atoms with Gasteiger partial charge in [0.1, 0.15) is 5.52 Å². The van der Waals surface area contributed by atoms with Crippen LogP contribution in [0.1, 0.15) is 39.3 Å². The summed E-state index contributed by atoms with van der Waals surface area (Å²) < 4.78 is 1.87. The molecule has 3 N–H and O–H groups in total. The summed E-state index contributed by atoms with van der Waals surface area (Å²) in [5.74, 6) is 1.72. The maximum absolute atomic E-state index is 5.81. The topological polar surface area (TPSA) is 68.2 Å². The van der Waals surface area contributed by atoms with Gasteiger partial charge in [0, 0.05) is 25.0 Å². The van der Waals surface area contributed by atoms with Crippen molar-refractivity contribution in [3.63, 3.8) is 0 Å². The van der Waals surface area contributed by atoms with E-state index in [4.69, 9.17) is 5.73 Å². The molecule has 0 spiro atoms. The largest absolute Gasteiger partial charge is 0.364 e. The molecule has 2 aromatic heterocycles. The van der Waals surface area contributed by atoms with Gasteiger partial charge in [-0.05, 0) is 17.9 Å². The molecule has 2 rings (SSSR count). The molecule has 0 aromatic carbocycles. The lowest BCUT2D eigenvalue weighted by molar-refractivity contribution is 0.530. The number of nitrogens with one attached hydrogen (secondary N) is 1. The second-order valence-electron chi connectivity index (χ2n) is 5.56. The van der Waals surface area contributed by atoms with Crippen molar-refractivity contribution in [2.75, 3.05) is 11.9 Å². The number of hydrogen-bond acceptors (Lipinski definition) is 4. The van der Waals surface area contributed by atoms with Crippen LogP contribution < -0.4 is 11.1 Å². The summed E-state index contributed by atoms with van der Waals surface area (Å²) in [6.07, 6.45) is 3.64. The van der Waals surface area contributed by atoms with E-state index in [1.165, 1.54) is 0 Å². The monoisotopic (exact) mass is 261 g/mol. The molecule has 0 saturated carbocycles. The quantitative estimate of drug-likeness (QED) is 0.866. The SMILES string of the molecule is CC(C)c1cc2c(NC(CN)C(C)C)nccn2n1. The highest BCUT2D eigenvalue weighted by Gasteiger charge is 2.15. The lowest BCUT2D eigenvalue weighted by atomic mass is 10.0. The molecule has 5 heteroatoms. The summed E-state index contributed by atoms with van der Waals surface area (Å²) in [7, 11) is 0. The highest BCUT2D eigenvalue weighted by atomic mass is 15.2. The van der Waals surface area contributed by atoms with Gasteiger partial charge in [-0.1, -0.05) is 27.7 Å². The van der Waals surface area contributed by atoms with Crippen LogP contribution in [0.2, 0.25) is 0 Å². The Bertz CT molecular complexity index is 544. The molecule has 5 nitrogen and oxygen atoms in total. The molecule has 19 heavy (non-hydrogen) atoms. The average molecular weight is 261 g/mol. The van der Waals surface area contributed by atoms with E-state index in [9.17, 15) is 0 Å². The Balaban J connectivity index is 2.37. The number of nitrogens with two attached hydrogens (primary N) is 1. The Kier molecular flexibility index (Phi) is 4.04. The molecule has 2 aromatic rings. The molecule has 0 aliphatic heterocycles. The third kappa shape index (κ3) is 2.87. The zero-order valence-electron chi connectivity index (χ0n) is 12.1. The Morgan fingerprint density at radius 3 is 2.63 bits per heavy atom. The van der Waals surface area contributed by atoms with Gasteiger partial charge < -0.3 is 11.1 Å². The molecule has 0 aliphatic carbocycles. The minimum Gasteiger partial charge on any atom is -0.364 e.